The molecule has 2 aromatic rings. The molecule has 0 saturated carbocycles. The highest BCUT2D eigenvalue weighted by molar-refractivity contribution is 5.46. The third-order valence-electron chi connectivity index (χ3n) is 4.19. The zero-order valence-corrected chi connectivity index (χ0v) is 15.3. The number of hydrogen-bond donors (Lipinski definition) is 2. The normalized spacial score (nSPS) is 14.8. The summed E-state index contributed by atoms with van der Waals surface area (Å²) in [7, 11) is 0. The first-order valence-corrected chi connectivity index (χ1v) is 9.10. The van der Waals surface area contributed by atoms with Crippen molar-refractivity contribution in [2.24, 2.45) is 0 Å². The molecule has 2 heterocycles. The van der Waals surface area contributed by atoms with Gasteiger partial charge in [0.25, 0.3) is 0 Å². The molecule has 0 aliphatic carbocycles. The Bertz CT molecular complexity index is 662. The van der Waals surface area contributed by atoms with Crippen LogP contribution >= 0.6 is 0 Å². The number of nitrogens with one attached hydrogen (secondary N) is 2. The molecule has 0 bridgehead atoms. The molecular weight excluding hydrogens is 330 g/mol. The number of ether oxygens (including phenoxy) is 2. The van der Waals surface area contributed by atoms with Crippen LogP contribution < -0.4 is 15.4 Å². The van der Waals surface area contributed by atoms with E-state index in [0.29, 0.717) is 19.1 Å². The molecule has 26 heavy (non-hydrogen) atoms. The van der Waals surface area contributed by atoms with Crippen LogP contribution in [0.15, 0.2) is 36.5 Å². The van der Waals surface area contributed by atoms with E-state index in [0.717, 1.165) is 56.5 Å². The van der Waals surface area contributed by atoms with Gasteiger partial charge in [0.1, 0.15) is 18.2 Å². The van der Waals surface area contributed by atoms with Gasteiger partial charge >= 0.3 is 0 Å². The Morgan fingerprint density at radius 3 is 2.73 bits per heavy atom. The third-order valence-corrected chi connectivity index (χ3v) is 4.19. The van der Waals surface area contributed by atoms with Crippen LogP contribution in [-0.4, -0.2) is 67.4 Å². The summed E-state index contributed by atoms with van der Waals surface area (Å²) >= 11 is 0. The Balaban J connectivity index is 1.41. The van der Waals surface area contributed by atoms with E-state index >= 15 is 0 Å². The lowest BCUT2D eigenvalue weighted by Crippen LogP contribution is -2.39. The SMILES string of the molecule is Cc1cnc(NCCN2CCOCC2)nc1NCCOc1ccccc1. The fourth-order valence-electron chi connectivity index (χ4n) is 2.71. The Kier molecular flexibility index (Phi) is 7.04. The first-order valence-electron chi connectivity index (χ1n) is 9.10. The molecule has 3 rings (SSSR count). The minimum Gasteiger partial charge on any atom is -0.492 e. The average molecular weight is 357 g/mol. The fourth-order valence-corrected chi connectivity index (χ4v) is 2.71. The van der Waals surface area contributed by atoms with E-state index in [1.165, 1.54) is 0 Å². The topological polar surface area (TPSA) is 71.5 Å². The molecular formula is C19H27N5O2. The molecule has 7 nitrogen and oxygen atoms in total. The van der Waals surface area contributed by atoms with Crippen molar-refractivity contribution in [3.05, 3.63) is 42.1 Å². The van der Waals surface area contributed by atoms with Crippen molar-refractivity contribution < 1.29 is 9.47 Å². The van der Waals surface area contributed by atoms with Crippen LogP contribution in [0.1, 0.15) is 5.56 Å². The molecule has 0 atom stereocenters. The number of rotatable bonds is 9. The van der Waals surface area contributed by atoms with Gasteiger partial charge in [0.2, 0.25) is 5.95 Å². The number of para-hydroxylation sites is 1. The molecule has 0 spiro atoms. The molecule has 1 aromatic carbocycles. The Morgan fingerprint density at radius 1 is 1.12 bits per heavy atom. The highest BCUT2D eigenvalue weighted by Crippen LogP contribution is 2.13. The summed E-state index contributed by atoms with van der Waals surface area (Å²) in [5.41, 5.74) is 1.02. The Hall–Kier alpha value is -2.38. The minimum absolute atomic E-state index is 0.577. The number of morpholine rings is 1. The van der Waals surface area contributed by atoms with E-state index in [2.05, 4.69) is 25.5 Å². The molecule has 1 aromatic heterocycles. The summed E-state index contributed by atoms with van der Waals surface area (Å²) in [6.45, 7) is 8.66. The number of hydrogen-bond acceptors (Lipinski definition) is 7. The van der Waals surface area contributed by atoms with Crippen molar-refractivity contribution >= 4 is 11.8 Å². The van der Waals surface area contributed by atoms with Crippen LogP contribution in [0.5, 0.6) is 5.75 Å². The molecule has 140 valence electrons. The van der Waals surface area contributed by atoms with Gasteiger partial charge in [0.15, 0.2) is 0 Å². The van der Waals surface area contributed by atoms with E-state index in [1.807, 2.05) is 43.5 Å². The smallest absolute Gasteiger partial charge is 0.224 e. The monoisotopic (exact) mass is 357 g/mol. The van der Waals surface area contributed by atoms with Gasteiger partial charge in [0.05, 0.1) is 19.8 Å². The summed E-state index contributed by atoms with van der Waals surface area (Å²) in [6.07, 6.45) is 1.84. The molecule has 1 aliphatic heterocycles. The lowest BCUT2D eigenvalue weighted by atomic mass is 10.3. The van der Waals surface area contributed by atoms with E-state index < -0.39 is 0 Å². The maximum Gasteiger partial charge on any atom is 0.224 e. The third kappa shape index (κ3) is 5.86. The summed E-state index contributed by atoms with van der Waals surface area (Å²) in [4.78, 5) is 11.3. The van der Waals surface area contributed by atoms with Gasteiger partial charge in [-0.15, -0.1) is 0 Å². The van der Waals surface area contributed by atoms with Crippen molar-refractivity contribution in [1.82, 2.24) is 14.9 Å². The molecule has 0 amide bonds. The van der Waals surface area contributed by atoms with Crippen LogP contribution in [0.3, 0.4) is 0 Å². The molecule has 0 unspecified atom stereocenters. The zero-order valence-electron chi connectivity index (χ0n) is 15.3. The van der Waals surface area contributed by atoms with Gasteiger partial charge in [0, 0.05) is 37.9 Å². The maximum absolute atomic E-state index is 5.69. The van der Waals surface area contributed by atoms with Crippen LogP contribution in [0.4, 0.5) is 11.8 Å². The lowest BCUT2D eigenvalue weighted by molar-refractivity contribution is 0.0398. The van der Waals surface area contributed by atoms with E-state index in [-0.39, 0.29) is 0 Å². The average Bonchev–Trinajstić information content (AvgIpc) is 2.69. The molecule has 1 saturated heterocycles. The van der Waals surface area contributed by atoms with Gasteiger partial charge in [-0.05, 0) is 19.1 Å². The molecule has 0 radical (unpaired) electrons. The summed E-state index contributed by atoms with van der Waals surface area (Å²) in [6, 6.07) is 9.81. The largest absolute Gasteiger partial charge is 0.492 e. The summed E-state index contributed by atoms with van der Waals surface area (Å²) < 4.78 is 11.1. The standard InChI is InChI=1S/C19H27N5O2/c1-16-15-22-19(21-7-9-24-10-13-25-14-11-24)23-18(16)20-8-12-26-17-5-3-2-4-6-17/h2-6,15H,7-14H2,1H3,(H2,20,21,22,23). The Labute approximate surface area is 154 Å². The van der Waals surface area contributed by atoms with Gasteiger partial charge < -0.3 is 20.1 Å². The van der Waals surface area contributed by atoms with E-state index in [4.69, 9.17) is 9.47 Å². The second kappa shape index (κ2) is 9.94. The van der Waals surface area contributed by atoms with Crippen molar-refractivity contribution in [3.63, 3.8) is 0 Å². The summed E-state index contributed by atoms with van der Waals surface area (Å²) in [5, 5.41) is 6.62. The van der Waals surface area contributed by atoms with Gasteiger partial charge in [-0.3, -0.25) is 4.90 Å². The van der Waals surface area contributed by atoms with Crippen molar-refractivity contribution in [2.45, 2.75) is 6.92 Å². The second-order valence-electron chi connectivity index (χ2n) is 6.19. The predicted molar refractivity (Wildman–Crippen MR) is 103 cm³/mol. The minimum atomic E-state index is 0.577. The van der Waals surface area contributed by atoms with E-state index in [1.54, 1.807) is 0 Å². The molecule has 1 fully saturated rings. The van der Waals surface area contributed by atoms with Crippen LogP contribution in [0.25, 0.3) is 0 Å². The first-order chi connectivity index (χ1) is 12.8. The number of nitrogens with zero attached hydrogens (tertiary/aromatic N) is 3. The molecule has 1 aliphatic rings. The van der Waals surface area contributed by atoms with Crippen LogP contribution in [-0.2, 0) is 4.74 Å². The summed E-state index contributed by atoms with van der Waals surface area (Å²) in [5.74, 6) is 2.36. The van der Waals surface area contributed by atoms with Crippen LogP contribution in [0, 0.1) is 6.92 Å². The van der Waals surface area contributed by atoms with Crippen LogP contribution in [0.2, 0.25) is 0 Å². The zero-order chi connectivity index (χ0) is 18.0. The quantitative estimate of drug-likeness (QED) is 0.665. The van der Waals surface area contributed by atoms with Crippen molar-refractivity contribution in [3.8, 4) is 5.75 Å². The van der Waals surface area contributed by atoms with Gasteiger partial charge in [-0.2, -0.15) is 4.98 Å². The Morgan fingerprint density at radius 2 is 1.92 bits per heavy atom. The van der Waals surface area contributed by atoms with Gasteiger partial charge in [-0.1, -0.05) is 18.2 Å². The number of anilines is 2. The number of aryl methyl sites for hydroxylation is 1. The predicted octanol–water partition coefficient (Wildman–Crippen LogP) is 2.02. The number of aromatic nitrogens is 2. The first kappa shape index (κ1) is 18.4. The highest BCUT2D eigenvalue weighted by atomic mass is 16.5. The second-order valence-corrected chi connectivity index (χ2v) is 6.19. The van der Waals surface area contributed by atoms with Crippen molar-refractivity contribution in [1.29, 1.82) is 0 Å². The fraction of sp³-hybridized carbons (Fsp3) is 0.474. The number of benzene rings is 1. The van der Waals surface area contributed by atoms with Crippen molar-refractivity contribution in [2.75, 3.05) is 63.2 Å². The molecule has 2 N–H and O–H groups in total. The van der Waals surface area contributed by atoms with E-state index in [9.17, 15) is 0 Å². The lowest BCUT2D eigenvalue weighted by Gasteiger charge is -2.26. The maximum atomic E-state index is 5.69. The van der Waals surface area contributed by atoms with Gasteiger partial charge in [-0.25, -0.2) is 4.98 Å². The highest BCUT2D eigenvalue weighted by Gasteiger charge is 2.10. The molecule has 7 heteroatoms.